The number of likely N-dealkylation sites (tertiary alicyclic amines) is 1. The first-order valence-electron chi connectivity index (χ1n) is 10.6. The van der Waals surface area contributed by atoms with Crippen molar-refractivity contribution in [2.24, 2.45) is 23.7 Å². The number of benzene rings is 1. The van der Waals surface area contributed by atoms with Crippen molar-refractivity contribution in [3.05, 3.63) is 48.0 Å². The molecule has 1 aromatic rings. The van der Waals surface area contributed by atoms with E-state index in [1.54, 1.807) is 7.05 Å². The van der Waals surface area contributed by atoms with Crippen molar-refractivity contribution in [3.8, 4) is 0 Å². The van der Waals surface area contributed by atoms with E-state index in [4.69, 9.17) is 0 Å². The monoisotopic (exact) mass is 413 g/mol. The second kappa shape index (κ2) is 9.43. The largest absolute Gasteiger partial charge is 0.394 e. The molecular formula is C23H31N3O4. The summed E-state index contributed by atoms with van der Waals surface area (Å²) in [6, 6.07) is 8.35. The molecule has 2 aliphatic rings. The fourth-order valence-electron chi connectivity index (χ4n) is 4.80. The zero-order valence-electron chi connectivity index (χ0n) is 17.7. The highest BCUT2D eigenvalue weighted by molar-refractivity contribution is 5.97. The van der Waals surface area contributed by atoms with Crippen LogP contribution in [0.2, 0.25) is 0 Å². The highest BCUT2D eigenvalue weighted by atomic mass is 16.3. The molecule has 0 aromatic heterocycles. The number of amides is 3. The van der Waals surface area contributed by atoms with Crippen LogP contribution in [0.4, 0.5) is 0 Å². The number of allylic oxidation sites excluding steroid dienone is 1. The number of hydrogen-bond acceptors (Lipinski definition) is 4. The molecule has 1 aliphatic heterocycles. The van der Waals surface area contributed by atoms with Crippen LogP contribution >= 0.6 is 0 Å². The number of fused-ring (bicyclic) bond motifs is 1. The van der Waals surface area contributed by atoms with Gasteiger partial charge in [0.2, 0.25) is 17.7 Å². The van der Waals surface area contributed by atoms with Crippen LogP contribution in [0.3, 0.4) is 0 Å². The fraction of sp³-hybridized carbons (Fsp3) is 0.522. The maximum absolute atomic E-state index is 13.5. The van der Waals surface area contributed by atoms with Crippen LogP contribution in [0.5, 0.6) is 0 Å². The van der Waals surface area contributed by atoms with Crippen LogP contribution in [-0.4, -0.2) is 53.5 Å². The minimum absolute atomic E-state index is 0.114. The average molecular weight is 414 g/mol. The molecule has 3 N–H and O–H groups in total. The SMILES string of the molecule is CC[C@@H](CO)N1C(=O)[C@H]2[C@H](C=C[C@@H](C)[C@H]2C(=O)NC)[C@H]1C(=O)NCc1ccccc1. The number of carbonyl (C=O) groups excluding carboxylic acids is 3. The molecule has 1 aromatic carbocycles. The first-order valence-corrected chi connectivity index (χ1v) is 10.6. The van der Waals surface area contributed by atoms with Crippen molar-refractivity contribution in [1.82, 2.24) is 15.5 Å². The van der Waals surface area contributed by atoms with E-state index >= 15 is 0 Å². The predicted molar refractivity (Wildman–Crippen MR) is 113 cm³/mol. The van der Waals surface area contributed by atoms with Crippen LogP contribution in [0.25, 0.3) is 0 Å². The van der Waals surface area contributed by atoms with Gasteiger partial charge in [-0.05, 0) is 17.9 Å². The Morgan fingerprint density at radius 1 is 1.17 bits per heavy atom. The van der Waals surface area contributed by atoms with Crippen molar-refractivity contribution >= 4 is 17.7 Å². The Morgan fingerprint density at radius 2 is 1.87 bits per heavy atom. The lowest BCUT2D eigenvalue weighted by Gasteiger charge is -2.33. The van der Waals surface area contributed by atoms with Crippen LogP contribution in [0.1, 0.15) is 25.8 Å². The summed E-state index contributed by atoms with van der Waals surface area (Å²) in [5, 5.41) is 15.5. The average Bonchev–Trinajstić information content (AvgIpc) is 3.06. The lowest BCUT2D eigenvalue weighted by atomic mass is 9.70. The lowest BCUT2D eigenvalue weighted by Crippen LogP contribution is -2.52. The topological polar surface area (TPSA) is 98.7 Å². The third-order valence-corrected chi connectivity index (χ3v) is 6.41. The molecule has 30 heavy (non-hydrogen) atoms. The summed E-state index contributed by atoms with van der Waals surface area (Å²) >= 11 is 0. The number of rotatable bonds is 7. The van der Waals surface area contributed by atoms with Gasteiger partial charge in [0.25, 0.3) is 0 Å². The van der Waals surface area contributed by atoms with E-state index in [9.17, 15) is 19.5 Å². The van der Waals surface area contributed by atoms with Gasteiger partial charge in [-0.15, -0.1) is 0 Å². The van der Waals surface area contributed by atoms with E-state index in [-0.39, 0.29) is 30.2 Å². The molecule has 7 nitrogen and oxygen atoms in total. The Hall–Kier alpha value is -2.67. The molecule has 1 saturated heterocycles. The maximum atomic E-state index is 13.5. The zero-order chi connectivity index (χ0) is 21.8. The van der Waals surface area contributed by atoms with Crippen molar-refractivity contribution < 1.29 is 19.5 Å². The molecule has 7 heteroatoms. The van der Waals surface area contributed by atoms with E-state index in [0.717, 1.165) is 5.56 Å². The number of aliphatic hydroxyl groups excluding tert-OH is 1. The van der Waals surface area contributed by atoms with E-state index in [1.807, 2.05) is 56.3 Å². The molecule has 0 radical (unpaired) electrons. The molecule has 1 fully saturated rings. The summed E-state index contributed by atoms with van der Waals surface area (Å²) in [7, 11) is 1.56. The molecule has 6 atom stereocenters. The van der Waals surface area contributed by atoms with E-state index in [0.29, 0.717) is 13.0 Å². The molecule has 0 bridgehead atoms. The number of aliphatic hydroxyl groups is 1. The van der Waals surface area contributed by atoms with Crippen molar-refractivity contribution in [3.63, 3.8) is 0 Å². The summed E-state index contributed by atoms with van der Waals surface area (Å²) in [5.41, 5.74) is 0.962. The first-order chi connectivity index (χ1) is 14.4. The van der Waals surface area contributed by atoms with E-state index < -0.39 is 29.8 Å². The summed E-state index contributed by atoms with van der Waals surface area (Å²) in [4.78, 5) is 40.9. The predicted octanol–water partition coefficient (Wildman–Crippen LogP) is 1.09. The van der Waals surface area contributed by atoms with Gasteiger partial charge >= 0.3 is 0 Å². The third-order valence-electron chi connectivity index (χ3n) is 6.41. The number of nitrogens with one attached hydrogen (secondary N) is 2. The van der Waals surface area contributed by atoms with E-state index in [1.165, 1.54) is 4.90 Å². The highest BCUT2D eigenvalue weighted by Crippen LogP contribution is 2.44. The molecule has 1 heterocycles. The molecular weight excluding hydrogens is 382 g/mol. The third kappa shape index (κ3) is 3.99. The van der Waals surface area contributed by atoms with Gasteiger partial charge in [-0.1, -0.05) is 56.3 Å². The van der Waals surface area contributed by atoms with Crippen LogP contribution in [-0.2, 0) is 20.9 Å². The number of carbonyl (C=O) groups is 3. The Kier molecular flexibility index (Phi) is 6.92. The van der Waals surface area contributed by atoms with Gasteiger partial charge in [-0.2, -0.15) is 0 Å². The Morgan fingerprint density at radius 3 is 2.47 bits per heavy atom. The second-order valence-corrected chi connectivity index (χ2v) is 8.13. The number of nitrogens with zero attached hydrogens (tertiary/aromatic N) is 1. The molecule has 3 rings (SSSR count). The van der Waals surface area contributed by atoms with Crippen LogP contribution in [0.15, 0.2) is 42.5 Å². The molecule has 0 spiro atoms. The first kappa shape index (κ1) is 22.0. The van der Waals surface area contributed by atoms with Crippen molar-refractivity contribution in [2.75, 3.05) is 13.7 Å². The maximum Gasteiger partial charge on any atom is 0.243 e. The molecule has 162 valence electrons. The zero-order valence-corrected chi connectivity index (χ0v) is 17.7. The van der Waals surface area contributed by atoms with Gasteiger partial charge in [-0.25, -0.2) is 0 Å². The highest BCUT2D eigenvalue weighted by Gasteiger charge is 2.57. The Labute approximate surface area is 177 Å². The minimum Gasteiger partial charge on any atom is -0.394 e. The van der Waals surface area contributed by atoms with Crippen LogP contribution < -0.4 is 10.6 Å². The minimum atomic E-state index is -0.751. The molecule has 0 saturated carbocycles. The Balaban J connectivity index is 1.93. The van der Waals surface area contributed by atoms with Gasteiger partial charge in [0, 0.05) is 19.5 Å². The van der Waals surface area contributed by atoms with Gasteiger partial charge in [0.1, 0.15) is 6.04 Å². The summed E-state index contributed by atoms with van der Waals surface area (Å²) < 4.78 is 0. The standard InChI is InChI=1S/C23H31N3O4/c1-4-16(13-27)26-20(22(29)25-12-15-8-6-5-7-9-15)17-11-10-14(2)18(21(28)24-3)19(17)23(26)30/h5-11,14,16-20,27H,4,12-13H2,1-3H3,(H,24,28)(H,25,29)/t14-,16+,17+,18-,19+,20+/m1/s1. The second-order valence-electron chi connectivity index (χ2n) is 8.13. The van der Waals surface area contributed by atoms with E-state index in [2.05, 4.69) is 10.6 Å². The summed E-state index contributed by atoms with van der Waals surface area (Å²) in [5.74, 6) is -2.37. The summed E-state index contributed by atoms with van der Waals surface area (Å²) in [6.45, 7) is 3.92. The number of hydrogen-bond donors (Lipinski definition) is 3. The quantitative estimate of drug-likeness (QED) is 0.583. The summed E-state index contributed by atoms with van der Waals surface area (Å²) in [6.07, 6.45) is 4.35. The van der Waals surface area contributed by atoms with Crippen LogP contribution in [0, 0.1) is 23.7 Å². The molecule has 0 unspecified atom stereocenters. The molecule has 3 amide bonds. The lowest BCUT2D eigenvalue weighted by molar-refractivity contribution is -0.143. The van der Waals surface area contributed by atoms with Crippen molar-refractivity contribution in [1.29, 1.82) is 0 Å². The molecule has 1 aliphatic carbocycles. The van der Waals surface area contributed by atoms with Crippen molar-refractivity contribution in [2.45, 2.75) is 38.9 Å². The van der Waals surface area contributed by atoms with Gasteiger partial charge in [-0.3, -0.25) is 14.4 Å². The smallest absolute Gasteiger partial charge is 0.243 e. The van der Waals surface area contributed by atoms with Gasteiger partial charge < -0.3 is 20.6 Å². The Bertz CT molecular complexity index is 806. The van der Waals surface area contributed by atoms with Gasteiger partial charge in [0.05, 0.1) is 24.5 Å². The normalized spacial score (nSPS) is 28.7. The van der Waals surface area contributed by atoms with Gasteiger partial charge in [0.15, 0.2) is 0 Å². The fourth-order valence-corrected chi connectivity index (χ4v) is 4.80.